The summed E-state index contributed by atoms with van der Waals surface area (Å²) in [6.45, 7) is 1.66. The average Bonchev–Trinajstić information content (AvgIpc) is 2.89. The van der Waals surface area contributed by atoms with Crippen LogP contribution in [0.25, 0.3) is 22.0 Å². The van der Waals surface area contributed by atoms with E-state index in [1.165, 1.54) is 43.4 Å². The lowest BCUT2D eigenvalue weighted by Gasteiger charge is -2.14. The van der Waals surface area contributed by atoms with Crippen molar-refractivity contribution in [3.8, 4) is 17.0 Å². The number of carbonyl (C=O) groups is 1. The van der Waals surface area contributed by atoms with Crippen LogP contribution in [0.15, 0.2) is 58.6 Å². The van der Waals surface area contributed by atoms with Gasteiger partial charge in [0.05, 0.1) is 29.8 Å². The van der Waals surface area contributed by atoms with Gasteiger partial charge in [-0.25, -0.2) is 27.2 Å². The van der Waals surface area contributed by atoms with E-state index in [0.717, 1.165) is 24.3 Å². The summed E-state index contributed by atoms with van der Waals surface area (Å²) in [5.41, 5.74) is -0.399. The van der Waals surface area contributed by atoms with Gasteiger partial charge in [0, 0.05) is 25.4 Å². The quantitative estimate of drug-likeness (QED) is 0.327. The van der Waals surface area contributed by atoms with Gasteiger partial charge >= 0.3 is 0 Å². The van der Waals surface area contributed by atoms with E-state index in [1.54, 1.807) is 6.92 Å². The fraction of sp³-hybridized carbons (Fsp3) is 0.200. The molecule has 0 saturated carbocycles. The number of anilines is 1. The Labute approximate surface area is 226 Å². The number of sulfonamides is 1. The summed E-state index contributed by atoms with van der Waals surface area (Å²) in [4.78, 5) is 32.8. The Kier molecular flexibility index (Phi) is 7.84. The second kappa shape index (κ2) is 10.9. The number of hydrogen-bond acceptors (Lipinski definition) is 7. The zero-order chi connectivity index (χ0) is 28.5. The van der Waals surface area contributed by atoms with Crippen molar-refractivity contribution in [1.82, 2.24) is 19.9 Å². The summed E-state index contributed by atoms with van der Waals surface area (Å²) in [5, 5.41) is 2.12. The maximum atomic E-state index is 15.0. The Hall–Kier alpha value is -4.10. The first-order chi connectivity index (χ1) is 18.4. The number of carbonyl (C=O) groups excluding carboxylic acids is 1. The molecule has 0 saturated heterocycles. The summed E-state index contributed by atoms with van der Waals surface area (Å²) in [6.07, 6.45) is 2.49. The van der Waals surface area contributed by atoms with Gasteiger partial charge in [0.2, 0.25) is 11.8 Å². The molecule has 0 aliphatic rings. The highest BCUT2D eigenvalue weighted by Gasteiger charge is 2.22. The van der Waals surface area contributed by atoms with Crippen LogP contribution in [0.4, 0.5) is 14.5 Å². The molecule has 1 amide bonds. The number of rotatable bonds is 8. The average molecular weight is 578 g/mol. The van der Waals surface area contributed by atoms with Crippen LogP contribution >= 0.6 is 11.6 Å². The maximum Gasteiger partial charge on any atom is 0.263 e. The molecular formula is C25H22ClF2N5O5S. The van der Waals surface area contributed by atoms with E-state index in [0.29, 0.717) is 0 Å². The van der Waals surface area contributed by atoms with Crippen molar-refractivity contribution in [3.63, 3.8) is 0 Å². The molecule has 0 aliphatic heterocycles. The van der Waals surface area contributed by atoms with Gasteiger partial charge in [-0.3, -0.25) is 18.9 Å². The molecule has 1 atom stereocenters. The van der Waals surface area contributed by atoms with E-state index in [2.05, 4.69) is 20.0 Å². The highest BCUT2D eigenvalue weighted by Crippen LogP contribution is 2.33. The van der Waals surface area contributed by atoms with Crippen LogP contribution in [-0.2, 0) is 21.4 Å². The fourth-order valence-corrected chi connectivity index (χ4v) is 5.47. The second-order valence-corrected chi connectivity index (χ2v) is 10.6. The van der Waals surface area contributed by atoms with Crippen molar-refractivity contribution in [2.45, 2.75) is 18.4 Å². The van der Waals surface area contributed by atoms with E-state index in [4.69, 9.17) is 16.3 Å². The van der Waals surface area contributed by atoms with Gasteiger partial charge in [-0.15, -0.1) is 0 Å². The van der Waals surface area contributed by atoms with Gasteiger partial charge in [0.15, 0.2) is 0 Å². The van der Waals surface area contributed by atoms with Gasteiger partial charge in [-0.1, -0.05) is 18.5 Å². The molecule has 0 radical (unpaired) electrons. The van der Waals surface area contributed by atoms with E-state index < -0.39 is 33.1 Å². The van der Waals surface area contributed by atoms with E-state index >= 15 is 4.39 Å². The molecular weight excluding hydrogens is 556 g/mol. The van der Waals surface area contributed by atoms with Gasteiger partial charge in [0.1, 0.15) is 27.7 Å². The number of fused-ring (bicyclic) bond motifs is 1. The Balaban J connectivity index is 1.78. The zero-order valence-corrected chi connectivity index (χ0v) is 22.4. The number of pyridine rings is 1. The topological polar surface area (TPSA) is 132 Å². The Bertz CT molecular complexity index is 1760. The van der Waals surface area contributed by atoms with E-state index in [-0.39, 0.29) is 56.0 Å². The van der Waals surface area contributed by atoms with Gasteiger partial charge in [-0.05, 0) is 42.0 Å². The predicted octanol–water partition coefficient (Wildman–Crippen LogP) is 3.58. The number of methoxy groups -OCH3 is 1. The third-order valence-electron chi connectivity index (χ3n) is 5.85. The lowest BCUT2D eigenvalue weighted by molar-refractivity contribution is -0.124. The first kappa shape index (κ1) is 27.9. The second-order valence-electron chi connectivity index (χ2n) is 8.53. The first-order valence-corrected chi connectivity index (χ1v) is 13.2. The van der Waals surface area contributed by atoms with E-state index in [1.807, 2.05) is 0 Å². The Morgan fingerprint density at radius 3 is 2.56 bits per heavy atom. The third kappa shape index (κ3) is 5.68. The molecule has 4 aromatic rings. The molecule has 0 aliphatic carbocycles. The zero-order valence-electron chi connectivity index (χ0n) is 20.8. The van der Waals surface area contributed by atoms with Crippen LogP contribution in [0.5, 0.6) is 5.88 Å². The van der Waals surface area contributed by atoms with Crippen molar-refractivity contribution in [2.24, 2.45) is 5.92 Å². The van der Waals surface area contributed by atoms with Crippen molar-refractivity contribution in [1.29, 1.82) is 0 Å². The van der Waals surface area contributed by atoms with Gasteiger partial charge in [0.25, 0.3) is 15.6 Å². The maximum absolute atomic E-state index is 15.0. The largest absolute Gasteiger partial charge is 0.480 e. The lowest BCUT2D eigenvalue weighted by Crippen LogP contribution is -2.32. The SMILES string of the molecule is CNC(=O)[C@H](C)Cn1cnc2c(F)cc(-c3cnc(OC)c(NS(=O)(=O)c4ccc(F)cc4Cl)c3)cc2c1=O. The molecule has 0 bridgehead atoms. The molecule has 2 N–H and O–H groups in total. The van der Waals surface area contributed by atoms with Crippen molar-refractivity contribution < 1.29 is 26.7 Å². The summed E-state index contributed by atoms with van der Waals surface area (Å²) in [6, 6.07) is 6.67. The standard InChI is InChI=1S/C25H22ClF2N5O5S/c1-13(23(34)29-2)11-33-12-31-22-17(25(33)35)6-14(7-19(22)28)15-8-20(24(38-3)30-10-15)32-39(36,37)21-5-4-16(27)9-18(21)26/h4-10,12-13,32H,11H2,1-3H3,(H,29,34)/t13-/m1/s1. The Morgan fingerprint density at radius 1 is 1.15 bits per heavy atom. The molecule has 2 aromatic carbocycles. The van der Waals surface area contributed by atoms with Crippen LogP contribution in [0, 0.1) is 17.6 Å². The molecule has 0 spiro atoms. The van der Waals surface area contributed by atoms with Crippen LogP contribution in [0.1, 0.15) is 6.92 Å². The number of halogens is 3. The first-order valence-electron chi connectivity index (χ1n) is 11.4. The van der Waals surface area contributed by atoms with Gasteiger partial charge in [-0.2, -0.15) is 0 Å². The number of nitrogens with one attached hydrogen (secondary N) is 2. The monoisotopic (exact) mass is 577 g/mol. The summed E-state index contributed by atoms with van der Waals surface area (Å²) in [7, 11) is -1.56. The minimum absolute atomic E-state index is 0.0231. The van der Waals surface area contributed by atoms with Crippen LogP contribution < -0.4 is 20.3 Å². The number of amides is 1. The van der Waals surface area contributed by atoms with Crippen LogP contribution in [-0.4, -0.2) is 43.0 Å². The third-order valence-corrected chi connectivity index (χ3v) is 7.70. The smallest absolute Gasteiger partial charge is 0.263 e. The number of nitrogens with zero attached hydrogens (tertiary/aromatic N) is 3. The molecule has 2 aromatic heterocycles. The highest BCUT2D eigenvalue weighted by molar-refractivity contribution is 7.92. The number of aromatic nitrogens is 3. The summed E-state index contributed by atoms with van der Waals surface area (Å²) >= 11 is 5.93. The molecule has 4 rings (SSSR count). The fourth-order valence-electron chi connectivity index (χ4n) is 3.89. The predicted molar refractivity (Wildman–Crippen MR) is 141 cm³/mol. The van der Waals surface area contributed by atoms with E-state index in [9.17, 15) is 22.4 Å². The minimum Gasteiger partial charge on any atom is -0.480 e. The molecule has 39 heavy (non-hydrogen) atoms. The Morgan fingerprint density at radius 2 is 1.90 bits per heavy atom. The number of benzene rings is 2. The molecule has 2 heterocycles. The van der Waals surface area contributed by atoms with Crippen molar-refractivity contribution in [2.75, 3.05) is 18.9 Å². The minimum atomic E-state index is -4.31. The molecule has 14 heteroatoms. The van der Waals surface area contributed by atoms with Crippen LogP contribution in [0.2, 0.25) is 5.02 Å². The molecule has 10 nitrogen and oxygen atoms in total. The summed E-state index contributed by atoms with van der Waals surface area (Å²) < 4.78 is 63.1. The molecule has 0 fully saturated rings. The molecule has 204 valence electrons. The highest BCUT2D eigenvalue weighted by atomic mass is 35.5. The van der Waals surface area contributed by atoms with Crippen LogP contribution in [0.3, 0.4) is 0 Å². The lowest BCUT2D eigenvalue weighted by atomic mass is 10.0. The normalized spacial score (nSPS) is 12.3. The van der Waals surface area contributed by atoms with Crippen molar-refractivity contribution >= 4 is 44.1 Å². The summed E-state index contributed by atoms with van der Waals surface area (Å²) in [5.74, 6) is -2.43. The van der Waals surface area contributed by atoms with Gasteiger partial charge < -0.3 is 10.1 Å². The van der Waals surface area contributed by atoms with Crippen molar-refractivity contribution in [3.05, 3.63) is 75.9 Å². The number of ether oxygens (including phenoxy) is 1. The number of hydrogen-bond donors (Lipinski definition) is 2. The molecule has 0 unspecified atom stereocenters.